The minimum absolute atomic E-state index is 0.111. The Morgan fingerprint density at radius 1 is 1.36 bits per heavy atom. The van der Waals surface area contributed by atoms with E-state index in [1.807, 2.05) is 0 Å². The van der Waals surface area contributed by atoms with Gasteiger partial charge in [-0.2, -0.15) is 0 Å². The lowest BCUT2D eigenvalue weighted by molar-refractivity contribution is 0.386. The summed E-state index contributed by atoms with van der Waals surface area (Å²) in [5.74, 6) is 0. The van der Waals surface area contributed by atoms with Crippen molar-refractivity contribution in [3.05, 3.63) is 24.3 Å². The van der Waals surface area contributed by atoms with Gasteiger partial charge in [0.1, 0.15) is 0 Å². The fraction of sp³-hybridized carbons (Fsp3) is 0.125. The fourth-order valence-electron chi connectivity index (χ4n) is 1.36. The topological polar surface area (TPSA) is 33.6 Å². The lowest BCUT2D eigenvalue weighted by atomic mass is 9.74. The van der Waals surface area contributed by atoms with Crippen LogP contribution in [-0.4, -0.2) is 20.0 Å². The van der Waals surface area contributed by atoms with Gasteiger partial charge in [-0.3, -0.25) is 0 Å². The van der Waals surface area contributed by atoms with E-state index < -0.39 is 6.90 Å². The molecule has 3 nitrogen and oxygen atoms in total. The van der Waals surface area contributed by atoms with Gasteiger partial charge in [-0.05, 0) is 6.07 Å². The molecule has 1 heterocycles. The maximum absolute atomic E-state index is 13.4. The lowest BCUT2D eigenvalue weighted by Gasteiger charge is -2.35. The van der Waals surface area contributed by atoms with Crippen molar-refractivity contribution in [2.45, 2.75) is 0 Å². The molecule has 1 N–H and O–H groups in total. The number of benzene rings is 1. The SMILES string of the molecule is CN=C1Nc2ccccc2[B-](F)(F)O1. The zero-order valence-corrected chi connectivity index (χ0v) is 7.50. The number of nitrogens with zero attached hydrogens (tertiary/aromatic N) is 1. The van der Waals surface area contributed by atoms with Crippen LogP contribution in [0, 0.1) is 0 Å². The molecule has 0 fully saturated rings. The molecule has 1 aromatic carbocycles. The fourth-order valence-corrected chi connectivity index (χ4v) is 1.36. The first-order valence-electron chi connectivity index (χ1n) is 4.16. The van der Waals surface area contributed by atoms with Crippen molar-refractivity contribution in [2.75, 3.05) is 12.4 Å². The van der Waals surface area contributed by atoms with Crippen LogP contribution >= 0.6 is 0 Å². The first kappa shape index (κ1) is 8.99. The van der Waals surface area contributed by atoms with Crippen molar-refractivity contribution < 1.29 is 13.3 Å². The Morgan fingerprint density at radius 3 is 2.79 bits per heavy atom. The van der Waals surface area contributed by atoms with Crippen molar-refractivity contribution in [1.29, 1.82) is 0 Å². The number of nitrogens with one attached hydrogen (secondary N) is 1. The molecule has 0 atom stereocenters. The van der Waals surface area contributed by atoms with Crippen LogP contribution in [-0.2, 0) is 4.65 Å². The molecule has 0 aliphatic carbocycles. The molecule has 0 unspecified atom stereocenters. The van der Waals surface area contributed by atoms with Crippen LogP contribution in [0.1, 0.15) is 0 Å². The first-order chi connectivity index (χ1) is 6.63. The zero-order chi connectivity index (χ0) is 10.2. The van der Waals surface area contributed by atoms with Gasteiger partial charge >= 0.3 is 6.90 Å². The van der Waals surface area contributed by atoms with Crippen LogP contribution in [0.4, 0.5) is 14.3 Å². The van der Waals surface area contributed by atoms with Crippen molar-refractivity contribution in [3.63, 3.8) is 0 Å². The summed E-state index contributed by atoms with van der Waals surface area (Å²) in [6.45, 7) is -3.97. The molecule has 0 saturated carbocycles. The monoisotopic (exact) mass is 197 g/mol. The highest BCUT2D eigenvalue weighted by Gasteiger charge is 2.37. The molecule has 0 spiro atoms. The van der Waals surface area contributed by atoms with E-state index in [1.54, 1.807) is 18.2 Å². The molecular formula is C8H8BF2N2O-. The van der Waals surface area contributed by atoms with E-state index in [0.29, 0.717) is 5.69 Å². The largest absolute Gasteiger partial charge is 0.633 e. The standard InChI is InChI=1S/C8H8BF2N2O/c1-12-8-13-7-5-3-2-4-6(7)9(10,11)14-8/h2-5H,1H3,(H,12,13)/q-1. The maximum atomic E-state index is 13.4. The summed E-state index contributed by atoms with van der Waals surface area (Å²) in [5, 5.41) is 2.67. The third-order valence-electron chi connectivity index (χ3n) is 2.03. The second-order valence-corrected chi connectivity index (χ2v) is 2.96. The van der Waals surface area contributed by atoms with Crippen molar-refractivity contribution >= 4 is 24.1 Å². The van der Waals surface area contributed by atoms with Gasteiger partial charge in [0.15, 0.2) is 0 Å². The maximum Gasteiger partial charge on any atom is 0.537 e. The van der Waals surface area contributed by atoms with Gasteiger partial charge in [0, 0.05) is 12.7 Å². The average molecular weight is 197 g/mol. The molecule has 0 radical (unpaired) electrons. The summed E-state index contributed by atoms with van der Waals surface area (Å²) < 4.78 is 31.1. The lowest BCUT2D eigenvalue weighted by Crippen LogP contribution is -2.51. The summed E-state index contributed by atoms with van der Waals surface area (Å²) in [6.07, 6.45) is 0. The molecule has 14 heavy (non-hydrogen) atoms. The highest BCUT2D eigenvalue weighted by molar-refractivity contribution is 6.78. The number of rotatable bonds is 0. The molecule has 0 aromatic heterocycles. The Hall–Kier alpha value is -1.59. The van der Waals surface area contributed by atoms with Gasteiger partial charge in [-0.1, -0.05) is 23.7 Å². The molecule has 1 aromatic rings. The molecule has 6 heteroatoms. The number of anilines is 1. The first-order valence-corrected chi connectivity index (χ1v) is 4.16. The number of halogens is 2. The molecule has 1 aliphatic heterocycles. The van der Waals surface area contributed by atoms with Crippen LogP contribution in [0.15, 0.2) is 29.3 Å². The second-order valence-electron chi connectivity index (χ2n) is 2.96. The molecule has 2 rings (SSSR count). The quantitative estimate of drug-likeness (QED) is 0.634. The minimum Gasteiger partial charge on any atom is -0.633 e. The molecule has 0 saturated heterocycles. The molecular weight excluding hydrogens is 189 g/mol. The highest BCUT2D eigenvalue weighted by Crippen LogP contribution is 2.20. The third-order valence-corrected chi connectivity index (χ3v) is 2.03. The van der Waals surface area contributed by atoms with E-state index in [1.165, 1.54) is 13.1 Å². The highest BCUT2D eigenvalue weighted by atomic mass is 19.3. The number of aliphatic imine (C=N–C) groups is 1. The normalized spacial score (nSPS) is 20.9. The smallest absolute Gasteiger partial charge is 0.537 e. The average Bonchev–Trinajstić information content (AvgIpc) is 2.17. The minimum atomic E-state index is -3.97. The van der Waals surface area contributed by atoms with Gasteiger partial charge in [-0.25, -0.2) is 4.99 Å². The Labute approximate surface area is 79.8 Å². The van der Waals surface area contributed by atoms with Crippen LogP contribution in [0.25, 0.3) is 0 Å². The Kier molecular flexibility index (Phi) is 1.91. The van der Waals surface area contributed by atoms with Gasteiger partial charge in [0.2, 0.25) is 6.02 Å². The van der Waals surface area contributed by atoms with Crippen LogP contribution in [0.2, 0.25) is 0 Å². The van der Waals surface area contributed by atoms with Crippen LogP contribution in [0.3, 0.4) is 0 Å². The number of hydrogen-bond donors (Lipinski definition) is 1. The zero-order valence-electron chi connectivity index (χ0n) is 7.50. The van der Waals surface area contributed by atoms with Crippen LogP contribution in [0.5, 0.6) is 0 Å². The molecule has 0 amide bonds. The van der Waals surface area contributed by atoms with Crippen molar-refractivity contribution in [1.82, 2.24) is 0 Å². The van der Waals surface area contributed by atoms with E-state index in [-0.39, 0.29) is 11.5 Å². The number of amidine groups is 1. The van der Waals surface area contributed by atoms with Gasteiger partial charge in [0.25, 0.3) is 0 Å². The number of para-hydroxylation sites is 1. The second kappa shape index (κ2) is 2.97. The summed E-state index contributed by atoms with van der Waals surface area (Å²) in [6, 6.07) is 5.99. The predicted octanol–water partition coefficient (Wildman–Crippen LogP) is 1.20. The van der Waals surface area contributed by atoms with E-state index in [4.69, 9.17) is 0 Å². The Balaban J connectivity index is 2.52. The Bertz CT molecular complexity index is 395. The van der Waals surface area contributed by atoms with E-state index >= 15 is 0 Å². The number of fused-ring (bicyclic) bond motifs is 1. The number of hydrogen-bond acceptors (Lipinski definition) is 2. The molecule has 0 bridgehead atoms. The Morgan fingerprint density at radius 2 is 2.07 bits per heavy atom. The van der Waals surface area contributed by atoms with E-state index in [0.717, 1.165) is 0 Å². The summed E-state index contributed by atoms with van der Waals surface area (Å²) in [7, 11) is 1.39. The van der Waals surface area contributed by atoms with Gasteiger partial charge < -0.3 is 18.6 Å². The summed E-state index contributed by atoms with van der Waals surface area (Å²) in [4.78, 5) is 3.56. The van der Waals surface area contributed by atoms with Crippen LogP contribution < -0.4 is 10.8 Å². The van der Waals surface area contributed by atoms with Crippen molar-refractivity contribution in [3.8, 4) is 0 Å². The van der Waals surface area contributed by atoms with E-state index in [2.05, 4.69) is 15.0 Å². The van der Waals surface area contributed by atoms with Gasteiger partial charge in [-0.15, -0.1) is 0 Å². The summed E-state index contributed by atoms with van der Waals surface area (Å²) >= 11 is 0. The van der Waals surface area contributed by atoms with Crippen molar-refractivity contribution in [2.24, 2.45) is 4.99 Å². The predicted molar refractivity (Wildman–Crippen MR) is 52.1 cm³/mol. The third kappa shape index (κ3) is 1.32. The molecule has 74 valence electrons. The van der Waals surface area contributed by atoms with Gasteiger partial charge in [0.05, 0.1) is 0 Å². The van der Waals surface area contributed by atoms with E-state index in [9.17, 15) is 8.63 Å². The molecule has 1 aliphatic rings. The summed E-state index contributed by atoms with van der Waals surface area (Å²) in [5.41, 5.74) is 0.240.